The number of aliphatic hydroxyl groups is 6. The molecule has 1 amide bonds. The predicted octanol–water partition coefficient (Wildman–Crippen LogP) is 0.916. The summed E-state index contributed by atoms with van der Waals surface area (Å²) in [7, 11) is 0. The second-order valence-electron chi connectivity index (χ2n) is 14.0. The van der Waals surface area contributed by atoms with Crippen molar-refractivity contribution in [2.24, 2.45) is 0 Å². The molecule has 0 saturated carbocycles. The molecule has 8 N–H and O–H groups in total. The van der Waals surface area contributed by atoms with Gasteiger partial charge in [0.2, 0.25) is 5.91 Å². The number of epoxide rings is 1. The van der Waals surface area contributed by atoms with Gasteiger partial charge in [0, 0.05) is 12.1 Å². The van der Waals surface area contributed by atoms with Crippen molar-refractivity contribution >= 4 is 5.91 Å². The second kappa shape index (κ2) is 24.6. The van der Waals surface area contributed by atoms with E-state index in [1.165, 1.54) is 25.7 Å². The van der Waals surface area contributed by atoms with Crippen LogP contribution in [0.4, 0.5) is 0 Å². The molecule has 0 spiro atoms. The number of ether oxygens (including phenoxy) is 6. The summed E-state index contributed by atoms with van der Waals surface area (Å²) in [6.07, 6.45) is 6.45. The summed E-state index contributed by atoms with van der Waals surface area (Å²) in [5.41, 5.74) is 0.439. The van der Waals surface area contributed by atoms with Gasteiger partial charge < -0.3 is 69.7 Å². The lowest BCUT2D eigenvalue weighted by molar-refractivity contribution is -0.329. The number of carbonyl (C=O) groups is 1. The lowest BCUT2D eigenvalue weighted by Gasteiger charge is -2.48. The highest BCUT2D eigenvalue weighted by atomic mass is 16.7. The first-order chi connectivity index (χ1) is 25.1. The summed E-state index contributed by atoms with van der Waals surface area (Å²) < 4.78 is 34.5. The minimum absolute atomic E-state index is 0.0196. The zero-order chi connectivity index (χ0) is 37.9. The van der Waals surface area contributed by atoms with E-state index in [0.29, 0.717) is 18.2 Å². The van der Waals surface area contributed by atoms with Gasteiger partial charge in [-0.1, -0.05) is 70.6 Å². The van der Waals surface area contributed by atoms with Gasteiger partial charge >= 0.3 is 0 Å². The number of nitrogens with one attached hydrogen (secondary N) is 2. The van der Waals surface area contributed by atoms with Gasteiger partial charge in [0.05, 0.1) is 45.7 Å². The lowest BCUT2D eigenvalue weighted by atomic mass is 9.94. The topological polar surface area (TPSA) is 221 Å². The normalized spacial score (nSPS) is 33.3. The molecule has 3 aliphatic rings. The number of allylic oxidation sites excluding steroid dienone is 2. The third kappa shape index (κ3) is 15.2. The summed E-state index contributed by atoms with van der Waals surface area (Å²) in [4.78, 5) is 12.9. The van der Waals surface area contributed by atoms with Crippen molar-refractivity contribution in [3.63, 3.8) is 0 Å². The Bertz CT molecular complexity index is 1040. The van der Waals surface area contributed by atoms with Crippen molar-refractivity contribution < 1.29 is 63.9 Å². The molecular formula is C37H66N2O13. The summed E-state index contributed by atoms with van der Waals surface area (Å²) in [6.45, 7) is 6.72. The largest absolute Gasteiger partial charge is 0.394 e. The van der Waals surface area contributed by atoms with E-state index in [2.05, 4.69) is 36.3 Å². The van der Waals surface area contributed by atoms with Crippen LogP contribution < -0.4 is 10.6 Å². The fourth-order valence-corrected chi connectivity index (χ4v) is 6.60. The summed E-state index contributed by atoms with van der Waals surface area (Å²) >= 11 is 0. The summed E-state index contributed by atoms with van der Waals surface area (Å²) in [5, 5.41) is 68.0. The van der Waals surface area contributed by atoms with Crippen LogP contribution in [-0.4, -0.2) is 150 Å². The van der Waals surface area contributed by atoms with E-state index in [9.17, 15) is 30.3 Å². The fraction of sp³-hybridized carbons (Fsp3) is 0.865. The molecule has 3 heterocycles. The van der Waals surface area contributed by atoms with Gasteiger partial charge in [0.25, 0.3) is 0 Å². The van der Waals surface area contributed by atoms with E-state index in [4.69, 9.17) is 33.5 Å². The molecule has 0 aromatic carbocycles. The van der Waals surface area contributed by atoms with E-state index in [0.717, 1.165) is 38.5 Å². The average Bonchev–Trinajstić information content (AvgIpc) is 3.87. The van der Waals surface area contributed by atoms with Gasteiger partial charge in [-0.25, -0.2) is 0 Å². The number of rotatable bonds is 27. The molecule has 15 nitrogen and oxygen atoms in total. The minimum atomic E-state index is -1.60. The average molecular weight is 747 g/mol. The monoisotopic (exact) mass is 746 g/mol. The van der Waals surface area contributed by atoms with Crippen molar-refractivity contribution in [3.8, 4) is 0 Å². The molecule has 302 valence electrons. The fourth-order valence-electron chi connectivity index (χ4n) is 6.60. The summed E-state index contributed by atoms with van der Waals surface area (Å²) in [6, 6.07) is -2.31. The van der Waals surface area contributed by atoms with E-state index < -0.39 is 61.3 Å². The van der Waals surface area contributed by atoms with E-state index in [1.54, 1.807) is 6.92 Å². The van der Waals surface area contributed by atoms with Crippen molar-refractivity contribution in [3.05, 3.63) is 24.4 Å². The quantitative estimate of drug-likeness (QED) is 0.0333. The van der Waals surface area contributed by atoms with Crippen molar-refractivity contribution in [1.29, 1.82) is 0 Å². The molecule has 3 aliphatic heterocycles. The van der Waals surface area contributed by atoms with Crippen LogP contribution in [0.15, 0.2) is 24.4 Å². The van der Waals surface area contributed by atoms with Crippen LogP contribution in [0.3, 0.4) is 0 Å². The van der Waals surface area contributed by atoms with Crippen LogP contribution in [0, 0.1) is 0 Å². The Hall–Kier alpha value is -1.73. The maximum atomic E-state index is 12.9. The van der Waals surface area contributed by atoms with Crippen LogP contribution in [0.25, 0.3) is 0 Å². The van der Waals surface area contributed by atoms with Crippen LogP contribution in [0.2, 0.25) is 0 Å². The van der Waals surface area contributed by atoms with Crippen molar-refractivity contribution in [2.45, 2.75) is 164 Å². The molecular weight excluding hydrogens is 680 g/mol. The number of unbranched alkanes of at least 4 members (excludes halogenated alkanes) is 8. The molecule has 0 radical (unpaired) electrons. The van der Waals surface area contributed by atoms with Gasteiger partial charge in [0.1, 0.15) is 54.8 Å². The molecule has 3 rings (SSSR count). The third-order valence-electron chi connectivity index (χ3n) is 9.53. The Balaban J connectivity index is 1.49. The van der Waals surface area contributed by atoms with Crippen molar-refractivity contribution in [2.75, 3.05) is 39.6 Å². The van der Waals surface area contributed by atoms with Crippen LogP contribution in [0.1, 0.15) is 90.9 Å². The van der Waals surface area contributed by atoms with E-state index in [-0.39, 0.29) is 58.1 Å². The molecule has 15 heteroatoms. The number of amides is 1. The standard InChI is InChI=1S/C37H66N2O13/c1-4-5-6-12-15-25-26(49-25)16-13-10-8-7-9-11-14-17-29(42)39-30-34(45)35(28(50-36(30)46)23-48-21-19-41)52-37-31(38-24(2)3)33(44)32(43)27(51-37)22-47-20-18-40/h13,16,25-28,30-38,40-41,43-46H,2,4-12,14-15,17-23H2,1,3H3,(H,39,42)/b16-13-/t25?,26?,27?,28?,30?,31?,32-,33-,34-,35-,36-,37+/m1/s1. The smallest absolute Gasteiger partial charge is 0.220 e. The molecule has 12 atom stereocenters. The van der Waals surface area contributed by atoms with Crippen LogP contribution >= 0.6 is 0 Å². The maximum absolute atomic E-state index is 12.9. The molecule has 3 fully saturated rings. The highest BCUT2D eigenvalue weighted by Crippen LogP contribution is 2.31. The SMILES string of the molecule is C=C(C)NC1[C@H](O[C@@H]2C(COCCO)O[C@@H](O)C(NC(=O)CCCCCCC/C=C\C3OC3CCCCCC)[C@H]2O)OC(COCCO)[C@@H](O)[C@@H]1O. The van der Waals surface area contributed by atoms with Gasteiger partial charge in [-0.15, -0.1) is 0 Å². The molecule has 0 aliphatic carbocycles. The van der Waals surface area contributed by atoms with Crippen LogP contribution in [0.5, 0.6) is 0 Å². The maximum Gasteiger partial charge on any atom is 0.220 e. The van der Waals surface area contributed by atoms with E-state index >= 15 is 0 Å². The number of carbonyl (C=O) groups excluding carboxylic acids is 1. The Morgan fingerprint density at radius 3 is 2.13 bits per heavy atom. The molecule has 3 saturated heterocycles. The number of hydrogen-bond donors (Lipinski definition) is 8. The molecule has 0 bridgehead atoms. The minimum Gasteiger partial charge on any atom is -0.394 e. The van der Waals surface area contributed by atoms with Gasteiger partial charge in [-0.05, 0) is 32.6 Å². The molecule has 0 aromatic heterocycles. The van der Waals surface area contributed by atoms with Crippen molar-refractivity contribution in [1.82, 2.24) is 10.6 Å². The van der Waals surface area contributed by atoms with Gasteiger partial charge in [-0.2, -0.15) is 0 Å². The van der Waals surface area contributed by atoms with Crippen LogP contribution in [-0.2, 0) is 33.2 Å². The first kappa shape index (κ1) is 44.7. The Morgan fingerprint density at radius 1 is 0.769 bits per heavy atom. The van der Waals surface area contributed by atoms with Gasteiger partial charge in [-0.3, -0.25) is 4.79 Å². The zero-order valence-corrected chi connectivity index (χ0v) is 31.1. The second-order valence-corrected chi connectivity index (χ2v) is 14.0. The van der Waals surface area contributed by atoms with E-state index in [1.807, 2.05) is 0 Å². The lowest BCUT2D eigenvalue weighted by Crippen LogP contribution is -2.68. The molecule has 6 unspecified atom stereocenters. The summed E-state index contributed by atoms with van der Waals surface area (Å²) in [5.74, 6) is -0.368. The van der Waals surface area contributed by atoms with Gasteiger partial charge in [0.15, 0.2) is 12.6 Å². The molecule has 0 aromatic rings. The Labute approximate surface area is 308 Å². The first-order valence-corrected chi connectivity index (χ1v) is 19.2. The third-order valence-corrected chi connectivity index (χ3v) is 9.53. The Morgan fingerprint density at radius 2 is 1.44 bits per heavy atom. The number of aliphatic hydroxyl groups excluding tert-OH is 6. The zero-order valence-electron chi connectivity index (χ0n) is 31.1. The highest BCUT2D eigenvalue weighted by molar-refractivity contribution is 5.76. The number of hydrogen-bond acceptors (Lipinski definition) is 14. The molecule has 52 heavy (non-hydrogen) atoms. The Kier molecular flexibility index (Phi) is 21.2. The highest BCUT2D eigenvalue weighted by Gasteiger charge is 2.51. The first-order valence-electron chi connectivity index (χ1n) is 19.2. The predicted molar refractivity (Wildman–Crippen MR) is 191 cm³/mol.